The van der Waals surface area contributed by atoms with Crippen LogP contribution in [0.15, 0.2) is 0 Å². The Morgan fingerprint density at radius 2 is 1.94 bits per heavy atom. The van der Waals surface area contributed by atoms with Gasteiger partial charge in [0.15, 0.2) is 0 Å². The number of carbonyl (C=O) groups is 1. The van der Waals surface area contributed by atoms with Gasteiger partial charge in [0.25, 0.3) is 0 Å². The average molecular weight is 241 g/mol. The molecule has 4 nitrogen and oxygen atoms in total. The monoisotopic (exact) mass is 241 g/mol. The highest BCUT2D eigenvalue weighted by Gasteiger charge is 2.25. The minimum absolute atomic E-state index is 0.0671. The Kier molecular flexibility index (Phi) is 5.92. The molecule has 0 spiro atoms. The highest BCUT2D eigenvalue weighted by molar-refractivity contribution is 5.81. The molecular weight excluding hydrogens is 214 g/mol. The lowest BCUT2D eigenvalue weighted by Gasteiger charge is -2.24. The highest BCUT2D eigenvalue weighted by Crippen LogP contribution is 2.24. The number of rotatable bonds is 8. The first-order valence-corrected chi connectivity index (χ1v) is 6.82. The first-order chi connectivity index (χ1) is 8.10. The third kappa shape index (κ3) is 4.64. The van der Waals surface area contributed by atoms with Crippen LogP contribution in [0.4, 0.5) is 0 Å². The number of nitrogens with one attached hydrogen (secondary N) is 1. The fourth-order valence-electron chi connectivity index (χ4n) is 2.05. The fourth-order valence-corrected chi connectivity index (χ4v) is 2.05. The summed E-state index contributed by atoms with van der Waals surface area (Å²) in [7, 11) is 2.16. The Labute approximate surface area is 105 Å². The van der Waals surface area contributed by atoms with Crippen LogP contribution >= 0.6 is 0 Å². The van der Waals surface area contributed by atoms with Crippen LogP contribution in [0.1, 0.15) is 33.6 Å². The molecule has 1 saturated carbocycles. The molecule has 100 valence electrons. The molecule has 0 bridgehead atoms. The molecule has 1 amide bonds. The molecule has 1 aliphatic rings. The van der Waals surface area contributed by atoms with Crippen molar-refractivity contribution in [3.63, 3.8) is 0 Å². The predicted octanol–water partition coefficient (Wildman–Crippen LogP) is 0.927. The first kappa shape index (κ1) is 14.5. The van der Waals surface area contributed by atoms with E-state index in [4.69, 9.17) is 0 Å². The summed E-state index contributed by atoms with van der Waals surface area (Å²) >= 11 is 0. The van der Waals surface area contributed by atoms with Crippen molar-refractivity contribution in [1.29, 1.82) is 0 Å². The van der Waals surface area contributed by atoms with Crippen LogP contribution in [-0.4, -0.2) is 61.0 Å². The predicted molar refractivity (Wildman–Crippen MR) is 71.0 cm³/mol. The van der Waals surface area contributed by atoms with E-state index >= 15 is 0 Å². The molecule has 1 fully saturated rings. The zero-order chi connectivity index (χ0) is 12.8. The minimum atomic E-state index is -0.0671. The van der Waals surface area contributed by atoms with Gasteiger partial charge in [0.1, 0.15) is 0 Å². The number of hydrogen-bond acceptors (Lipinski definition) is 3. The molecule has 0 aliphatic heterocycles. The molecule has 1 rings (SSSR count). The van der Waals surface area contributed by atoms with E-state index in [1.54, 1.807) is 0 Å². The van der Waals surface area contributed by atoms with Gasteiger partial charge in [-0.25, -0.2) is 0 Å². The van der Waals surface area contributed by atoms with Gasteiger partial charge in [-0.05, 0) is 40.7 Å². The fraction of sp³-hybridized carbons (Fsp3) is 0.923. The van der Waals surface area contributed by atoms with Gasteiger partial charge in [-0.15, -0.1) is 0 Å². The molecule has 1 unspecified atom stereocenters. The van der Waals surface area contributed by atoms with Gasteiger partial charge in [-0.2, -0.15) is 0 Å². The van der Waals surface area contributed by atoms with E-state index in [0.29, 0.717) is 0 Å². The zero-order valence-corrected chi connectivity index (χ0v) is 11.7. The maximum absolute atomic E-state index is 12.0. The third-order valence-electron chi connectivity index (χ3n) is 3.53. The molecule has 0 aromatic rings. The zero-order valence-electron chi connectivity index (χ0n) is 11.7. The van der Waals surface area contributed by atoms with Gasteiger partial charge < -0.3 is 15.1 Å². The van der Waals surface area contributed by atoms with Crippen molar-refractivity contribution in [3.8, 4) is 0 Å². The normalized spacial score (nSPS) is 17.2. The van der Waals surface area contributed by atoms with E-state index in [-0.39, 0.29) is 11.9 Å². The van der Waals surface area contributed by atoms with Crippen molar-refractivity contribution in [2.75, 3.05) is 33.2 Å². The van der Waals surface area contributed by atoms with Gasteiger partial charge in [0.05, 0.1) is 6.04 Å². The summed E-state index contributed by atoms with van der Waals surface area (Å²) in [6.07, 6.45) is 2.68. The highest BCUT2D eigenvalue weighted by atomic mass is 16.2. The molecule has 0 heterocycles. The summed E-state index contributed by atoms with van der Waals surface area (Å²) in [5.41, 5.74) is 0. The van der Waals surface area contributed by atoms with Crippen LogP contribution in [0.3, 0.4) is 0 Å². The minimum Gasteiger partial charge on any atom is -0.342 e. The van der Waals surface area contributed by atoms with Gasteiger partial charge >= 0.3 is 0 Å². The number of amides is 1. The molecule has 1 atom stereocenters. The van der Waals surface area contributed by atoms with Crippen molar-refractivity contribution in [1.82, 2.24) is 15.1 Å². The standard InChI is InChI=1S/C13H27N3O/c1-5-16(6-2)13(17)11(3)14-9-10-15(4)12-7-8-12/h11-12,14H,5-10H2,1-4H3. The lowest BCUT2D eigenvalue weighted by atomic mass is 10.2. The number of carbonyl (C=O) groups excluding carboxylic acids is 1. The number of hydrogen-bond donors (Lipinski definition) is 1. The maximum Gasteiger partial charge on any atom is 0.239 e. The molecule has 0 aromatic heterocycles. The van der Waals surface area contributed by atoms with Crippen LogP contribution < -0.4 is 5.32 Å². The van der Waals surface area contributed by atoms with Gasteiger partial charge in [0, 0.05) is 32.2 Å². The molecule has 4 heteroatoms. The van der Waals surface area contributed by atoms with E-state index in [1.165, 1.54) is 12.8 Å². The summed E-state index contributed by atoms with van der Waals surface area (Å²) in [5, 5.41) is 3.31. The van der Waals surface area contributed by atoms with Crippen molar-refractivity contribution in [2.45, 2.75) is 45.7 Å². The molecule has 1 aliphatic carbocycles. The molecule has 0 aromatic carbocycles. The van der Waals surface area contributed by atoms with E-state index in [1.807, 2.05) is 25.7 Å². The van der Waals surface area contributed by atoms with Crippen molar-refractivity contribution >= 4 is 5.91 Å². The van der Waals surface area contributed by atoms with Crippen molar-refractivity contribution < 1.29 is 4.79 Å². The van der Waals surface area contributed by atoms with Crippen LogP contribution in [0, 0.1) is 0 Å². The van der Waals surface area contributed by atoms with E-state index in [0.717, 1.165) is 32.2 Å². The smallest absolute Gasteiger partial charge is 0.239 e. The van der Waals surface area contributed by atoms with Crippen LogP contribution in [0.25, 0.3) is 0 Å². The summed E-state index contributed by atoms with van der Waals surface area (Å²) in [4.78, 5) is 16.2. The second-order valence-corrected chi connectivity index (χ2v) is 4.90. The third-order valence-corrected chi connectivity index (χ3v) is 3.53. The topological polar surface area (TPSA) is 35.6 Å². The molecule has 17 heavy (non-hydrogen) atoms. The molecular formula is C13H27N3O. The second kappa shape index (κ2) is 6.97. The lowest BCUT2D eigenvalue weighted by molar-refractivity contribution is -0.132. The Balaban J connectivity index is 2.18. The van der Waals surface area contributed by atoms with E-state index in [9.17, 15) is 4.79 Å². The van der Waals surface area contributed by atoms with Gasteiger partial charge in [-0.1, -0.05) is 0 Å². The molecule has 0 saturated heterocycles. The van der Waals surface area contributed by atoms with E-state index < -0.39 is 0 Å². The van der Waals surface area contributed by atoms with Crippen LogP contribution in [0.5, 0.6) is 0 Å². The summed E-state index contributed by atoms with van der Waals surface area (Å²) in [6.45, 7) is 9.51. The van der Waals surface area contributed by atoms with E-state index in [2.05, 4.69) is 17.3 Å². The Morgan fingerprint density at radius 3 is 2.41 bits per heavy atom. The quantitative estimate of drug-likeness (QED) is 0.686. The summed E-state index contributed by atoms with van der Waals surface area (Å²) in [6, 6.07) is 0.730. The first-order valence-electron chi connectivity index (χ1n) is 6.82. The SMILES string of the molecule is CCN(CC)C(=O)C(C)NCCN(C)C1CC1. The van der Waals surface area contributed by atoms with Crippen LogP contribution in [-0.2, 0) is 4.79 Å². The van der Waals surface area contributed by atoms with Crippen molar-refractivity contribution in [2.24, 2.45) is 0 Å². The summed E-state index contributed by atoms with van der Waals surface area (Å²) < 4.78 is 0. The molecule has 1 N–H and O–H groups in total. The number of nitrogens with zero attached hydrogens (tertiary/aromatic N) is 2. The largest absolute Gasteiger partial charge is 0.342 e. The van der Waals surface area contributed by atoms with Crippen LogP contribution in [0.2, 0.25) is 0 Å². The average Bonchev–Trinajstić information content (AvgIpc) is 3.14. The second-order valence-electron chi connectivity index (χ2n) is 4.90. The maximum atomic E-state index is 12.0. The summed E-state index contributed by atoms with van der Waals surface area (Å²) in [5.74, 6) is 0.212. The number of likely N-dealkylation sites (N-methyl/N-ethyl adjacent to an activating group) is 2. The Bertz CT molecular complexity index is 237. The van der Waals surface area contributed by atoms with Gasteiger partial charge in [0.2, 0.25) is 5.91 Å². The molecule has 0 radical (unpaired) electrons. The Hall–Kier alpha value is -0.610. The van der Waals surface area contributed by atoms with Crippen molar-refractivity contribution in [3.05, 3.63) is 0 Å². The Morgan fingerprint density at radius 1 is 1.35 bits per heavy atom. The van der Waals surface area contributed by atoms with Gasteiger partial charge in [-0.3, -0.25) is 4.79 Å². The lowest BCUT2D eigenvalue weighted by Crippen LogP contribution is -2.46.